The standard InChI is InChI=1S/C21H24N6O3/c1-12(2)16-11-29-21(28)27(16)17-9-10-22-20(24-17)23-14(4)19-25-18(26-30-19)15-8-6-5-7-13(15)3/h5-10,12,14,16H,11H2,1-4H3,(H,22,23,24)/t14-,16?/m1/s1. The Morgan fingerprint density at radius 3 is 2.73 bits per heavy atom. The number of cyclic esters (lactones) is 1. The molecule has 2 aromatic heterocycles. The second kappa shape index (κ2) is 8.10. The Bertz CT molecular complexity index is 1050. The fourth-order valence-corrected chi connectivity index (χ4v) is 3.34. The van der Waals surface area contributed by atoms with Gasteiger partial charge in [-0.15, -0.1) is 0 Å². The van der Waals surface area contributed by atoms with Crippen molar-refractivity contribution in [2.75, 3.05) is 16.8 Å². The molecule has 3 heterocycles. The van der Waals surface area contributed by atoms with E-state index >= 15 is 0 Å². The Morgan fingerprint density at radius 2 is 1.97 bits per heavy atom. The molecule has 1 aliphatic heterocycles. The Labute approximate surface area is 174 Å². The van der Waals surface area contributed by atoms with E-state index in [1.54, 1.807) is 17.2 Å². The van der Waals surface area contributed by atoms with Crippen LogP contribution < -0.4 is 10.2 Å². The highest BCUT2D eigenvalue weighted by molar-refractivity contribution is 5.89. The number of nitrogens with one attached hydrogen (secondary N) is 1. The van der Waals surface area contributed by atoms with Gasteiger partial charge in [0.1, 0.15) is 18.5 Å². The first-order valence-electron chi connectivity index (χ1n) is 9.89. The van der Waals surface area contributed by atoms with Crippen LogP contribution in [0.4, 0.5) is 16.6 Å². The van der Waals surface area contributed by atoms with E-state index < -0.39 is 6.09 Å². The van der Waals surface area contributed by atoms with Crippen molar-refractivity contribution < 1.29 is 14.1 Å². The van der Waals surface area contributed by atoms with Gasteiger partial charge in [-0.1, -0.05) is 43.3 Å². The molecule has 1 fully saturated rings. The molecule has 0 saturated carbocycles. The molecule has 30 heavy (non-hydrogen) atoms. The zero-order valence-electron chi connectivity index (χ0n) is 17.4. The van der Waals surface area contributed by atoms with Crippen molar-refractivity contribution in [2.24, 2.45) is 5.92 Å². The van der Waals surface area contributed by atoms with Gasteiger partial charge in [0.15, 0.2) is 0 Å². The molecule has 1 unspecified atom stereocenters. The number of carbonyl (C=O) groups excluding carboxylic acids is 1. The van der Waals surface area contributed by atoms with Gasteiger partial charge in [0.25, 0.3) is 0 Å². The van der Waals surface area contributed by atoms with Crippen molar-refractivity contribution in [3.05, 3.63) is 48.0 Å². The maximum atomic E-state index is 12.2. The summed E-state index contributed by atoms with van der Waals surface area (Å²) in [5.41, 5.74) is 1.99. The summed E-state index contributed by atoms with van der Waals surface area (Å²) in [7, 11) is 0. The minimum absolute atomic E-state index is 0.0646. The lowest BCUT2D eigenvalue weighted by Crippen LogP contribution is -2.37. The van der Waals surface area contributed by atoms with Crippen LogP contribution in [0.25, 0.3) is 11.4 Å². The van der Waals surface area contributed by atoms with E-state index in [0.717, 1.165) is 11.1 Å². The number of anilines is 2. The van der Waals surface area contributed by atoms with Crippen molar-refractivity contribution in [1.82, 2.24) is 20.1 Å². The van der Waals surface area contributed by atoms with Gasteiger partial charge < -0.3 is 14.6 Å². The molecule has 1 aliphatic rings. The summed E-state index contributed by atoms with van der Waals surface area (Å²) in [4.78, 5) is 27.0. The van der Waals surface area contributed by atoms with E-state index in [2.05, 4.69) is 25.4 Å². The molecule has 9 nitrogen and oxygen atoms in total. The van der Waals surface area contributed by atoms with Gasteiger partial charge in [0.05, 0.1) is 6.04 Å². The van der Waals surface area contributed by atoms with Gasteiger partial charge in [-0.2, -0.15) is 9.97 Å². The molecule has 0 bridgehead atoms. The number of hydrogen-bond acceptors (Lipinski definition) is 8. The quantitative estimate of drug-likeness (QED) is 0.652. The van der Waals surface area contributed by atoms with Crippen molar-refractivity contribution in [3.63, 3.8) is 0 Å². The van der Waals surface area contributed by atoms with E-state index in [9.17, 15) is 4.79 Å². The van der Waals surface area contributed by atoms with E-state index in [1.807, 2.05) is 52.0 Å². The monoisotopic (exact) mass is 408 g/mol. The lowest BCUT2D eigenvalue weighted by atomic mass is 10.0. The molecule has 1 aromatic carbocycles. The molecular weight excluding hydrogens is 384 g/mol. The summed E-state index contributed by atoms with van der Waals surface area (Å²) in [6, 6.07) is 9.17. The van der Waals surface area contributed by atoms with Crippen molar-refractivity contribution in [2.45, 2.75) is 39.8 Å². The van der Waals surface area contributed by atoms with Crippen molar-refractivity contribution >= 4 is 17.9 Å². The summed E-state index contributed by atoms with van der Waals surface area (Å²) < 4.78 is 10.7. The SMILES string of the molecule is Cc1ccccc1-c1noc([C@@H](C)Nc2nccc(N3C(=O)OCC3C(C)C)n2)n1. The lowest BCUT2D eigenvalue weighted by molar-refractivity contribution is 0.177. The number of aryl methyl sites for hydroxylation is 1. The van der Waals surface area contributed by atoms with Crippen LogP contribution in [0.5, 0.6) is 0 Å². The zero-order valence-corrected chi connectivity index (χ0v) is 17.4. The number of rotatable bonds is 6. The van der Waals surface area contributed by atoms with Crippen LogP contribution in [0, 0.1) is 12.8 Å². The van der Waals surface area contributed by atoms with Gasteiger partial charge in [0, 0.05) is 11.8 Å². The first-order chi connectivity index (χ1) is 14.4. The average Bonchev–Trinajstić information content (AvgIpc) is 3.36. The first-order valence-corrected chi connectivity index (χ1v) is 9.89. The Balaban J connectivity index is 1.52. The molecule has 1 saturated heterocycles. The molecule has 1 amide bonds. The second-order valence-corrected chi connectivity index (χ2v) is 7.63. The van der Waals surface area contributed by atoms with Gasteiger partial charge >= 0.3 is 6.09 Å². The Morgan fingerprint density at radius 1 is 1.17 bits per heavy atom. The summed E-state index contributed by atoms with van der Waals surface area (Å²) >= 11 is 0. The molecule has 156 valence electrons. The number of carbonyl (C=O) groups is 1. The maximum Gasteiger partial charge on any atom is 0.415 e. The third-order valence-electron chi connectivity index (χ3n) is 5.11. The third kappa shape index (κ3) is 3.83. The van der Waals surface area contributed by atoms with Crippen LogP contribution in [0.15, 0.2) is 41.1 Å². The van der Waals surface area contributed by atoms with Crippen LogP contribution >= 0.6 is 0 Å². The highest BCUT2D eigenvalue weighted by atomic mass is 16.6. The molecule has 2 atom stereocenters. The Hall–Kier alpha value is -3.49. The van der Waals surface area contributed by atoms with Crippen LogP contribution in [0.3, 0.4) is 0 Å². The smallest absolute Gasteiger partial charge is 0.415 e. The summed E-state index contributed by atoms with van der Waals surface area (Å²) in [5.74, 6) is 2.04. The second-order valence-electron chi connectivity index (χ2n) is 7.63. The summed E-state index contributed by atoms with van der Waals surface area (Å²) in [5, 5.41) is 7.26. The fourth-order valence-electron chi connectivity index (χ4n) is 3.34. The topological polar surface area (TPSA) is 106 Å². The third-order valence-corrected chi connectivity index (χ3v) is 5.11. The zero-order chi connectivity index (χ0) is 21.3. The number of nitrogens with zero attached hydrogens (tertiary/aromatic N) is 5. The predicted molar refractivity (Wildman–Crippen MR) is 111 cm³/mol. The molecule has 1 N–H and O–H groups in total. The highest BCUT2D eigenvalue weighted by Crippen LogP contribution is 2.27. The largest absolute Gasteiger partial charge is 0.447 e. The number of aromatic nitrogens is 4. The van der Waals surface area contributed by atoms with Crippen LogP contribution in [-0.2, 0) is 4.74 Å². The fraction of sp³-hybridized carbons (Fsp3) is 0.381. The van der Waals surface area contributed by atoms with Gasteiger partial charge in [-0.25, -0.2) is 9.78 Å². The van der Waals surface area contributed by atoms with Crippen LogP contribution in [-0.4, -0.2) is 38.9 Å². The van der Waals surface area contributed by atoms with Crippen LogP contribution in [0.1, 0.15) is 38.3 Å². The maximum absolute atomic E-state index is 12.2. The normalized spacial score (nSPS) is 17.3. The summed E-state index contributed by atoms with van der Waals surface area (Å²) in [6.07, 6.45) is 1.21. The van der Waals surface area contributed by atoms with Gasteiger partial charge in [-0.05, 0) is 31.4 Å². The Kier molecular flexibility index (Phi) is 5.35. The lowest BCUT2D eigenvalue weighted by Gasteiger charge is -2.23. The van der Waals surface area contributed by atoms with Crippen molar-refractivity contribution in [3.8, 4) is 11.4 Å². The minimum atomic E-state index is -0.397. The summed E-state index contributed by atoms with van der Waals surface area (Å²) in [6.45, 7) is 8.32. The predicted octanol–water partition coefficient (Wildman–Crippen LogP) is 3.99. The van der Waals surface area contributed by atoms with E-state index in [-0.39, 0.29) is 18.0 Å². The number of amides is 1. The van der Waals surface area contributed by atoms with Gasteiger partial charge in [0.2, 0.25) is 17.7 Å². The van der Waals surface area contributed by atoms with E-state index in [4.69, 9.17) is 9.26 Å². The molecule has 0 spiro atoms. The number of benzene rings is 1. The minimum Gasteiger partial charge on any atom is -0.447 e. The highest BCUT2D eigenvalue weighted by Gasteiger charge is 2.37. The molecular formula is C21H24N6O3. The van der Waals surface area contributed by atoms with E-state index in [1.165, 1.54) is 0 Å². The van der Waals surface area contributed by atoms with Gasteiger partial charge in [-0.3, -0.25) is 4.90 Å². The number of ether oxygens (including phenoxy) is 1. The number of hydrogen-bond donors (Lipinski definition) is 1. The first kappa shape index (κ1) is 19.8. The van der Waals surface area contributed by atoms with Crippen LogP contribution in [0.2, 0.25) is 0 Å². The van der Waals surface area contributed by atoms with Crippen molar-refractivity contribution in [1.29, 1.82) is 0 Å². The van der Waals surface area contributed by atoms with E-state index in [0.29, 0.717) is 30.1 Å². The molecule has 3 aromatic rings. The average molecular weight is 408 g/mol. The molecule has 0 radical (unpaired) electrons. The molecule has 4 rings (SSSR count). The molecule has 9 heteroatoms. The molecule has 0 aliphatic carbocycles.